The van der Waals surface area contributed by atoms with Gasteiger partial charge in [0, 0.05) is 5.56 Å². The van der Waals surface area contributed by atoms with Crippen LogP contribution >= 0.6 is 15.9 Å². The van der Waals surface area contributed by atoms with Crippen molar-refractivity contribution in [1.29, 1.82) is 0 Å². The third kappa shape index (κ3) is 1.74. The van der Waals surface area contributed by atoms with E-state index in [4.69, 9.17) is 5.11 Å². The summed E-state index contributed by atoms with van der Waals surface area (Å²) in [6, 6.07) is 7.68. The van der Waals surface area contributed by atoms with Crippen LogP contribution in [0.15, 0.2) is 28.7 Å². The molecule has 0 saturated carbocycles. The average molecular weight is 281 g/mol. The van der Waals surface area contributed by atoms with Gasteiger partial charge in [0.15, 0.2) is 5.69 Å². The molecule has 1 aromatic heterocycles. The molecule has 0 aliphatic heterocycles. The maximum atomic E-state index is 10.9. The van der Waals surface area contributed by atoms with Gasteiger partial charge in [0.1, 0.15) is 5.69 Å². The van der Waals surface area contributed by atoms with Crippen LogP contribution in [0.3, 0.4) is 0 Å². The van der Waals surface area contributed by atoms with Crippen LogP contribution in [0.25, 0.3) is 11.3 Å². The Morgan fingerprint density at radius 3 is 2.69 bits per heavy atom. The van der Waals surface area contributed by atoms with Crippen LogP contribution in [0.2, 0.25) is 0 Å². The van der Waals surface area contributed by atoms with Crippen LogP contribution in [-0.4, -0.2) is 21.3 Å². The van der Waals surface area contributed by atoms with Gasteiger partial charge in [-0.15, -0.1) is 0 Å². The lowest BCUT2D eigenvalue weighted by Crippen LogP contribution is -1.96. The fourth-order valence-corrected chi connectivity index (χ4v) is 2.05. The van der Waals surface area contributed by atoms with E-state index in [-0.39, 0.29) is 5.69 Å². The van der Waals surface area contributed by atoms with E-state index in [0.717, 1.165) is 11.1 Å². The zero-order valence-electron chi connectivity index (χ0n) is 8.49. The zero-order chi connectivity index (χ0) is 11.7. The number of rotatable bonds is 2. The Labute approximate surface area is 100 Å². The number of aromatic amines is 1. The van der Waals surface area contributed by atoms with Crippen LogP contribution in [-0.2, 0) is 0 Å². The largest absolute Gasteiger partial charge is 0.476 e. The second kappa shape index (κ2) is 4.09. The molecule has 5 heteroatoms. The number of nitrogens with one attached hydrogen (secondary N) is 1. The molecule has 0 bridgehead atoms. The molecule has 4 nitrogen and oxygen atoms in total. The number of carboxylic acid groups (broad SMARTS) is 1. The number of aryl methyl sites for hydroxylation is 1. The summed E-state index contributed by atoms with van der Waals surface area (Å²) in [7, 11) is 0. The number of hydrogen-bond acceptors (Lipinski definition) is 2. The first-order valence-electron chi connectivity index (χ1n) is 4.64. The number of benzene rings is 1. The summed E-state index contributed by atoms with van der Waals surface area (Å²) < 4.78 is 0.481. The fraction of sp³-hybridized carbons (Fsp3) is 0.0909. The summed E-state index contributed by atoms with van der Waals surface area (Å²) in [6.07, 6.45) is 0. The quantitative estimate of drug-likeness (QED) is 0.889. The second-order valence-corrected chi connectivity index (χ2v) is 4.17. The van der Waals surface area contributed by atoms with Crippen LogP contribution in [0.1, 0.15) is 16.1 Å². The van der Waals surface area contributed by atoms with Crippen LogP contribution in [0.5, 0.6) is 0 Å². The number of halogens is 1. The van der Waals surface area contributed by atoms with Gasteiger partial charge in [-0.3, -0.25) is 5.10 Å². The van der Waals surface area contributed by atoms with Crippen molar-refractivity contribution in [2.24, 2.45) is 0 Å². The Balaban J connectivity index is 2.58. The monoisotopic (exact) mass is 280 g/mol. The molecule has 0 amide bonds. The Morgan fingerprint density at radius 2 is 2.12 bits per heavy atom. The molecule has 0 atom stereocenters. The van der Waals surface area contributed by atoms with Crippen molar-refractivity contribution >= 4 is 21.9 Å². The Morgan fingerprint density at radius 1 is 1.44 bits per heavy atom. The fourth-order valence-electron chi connectivity index (χ4n) is 1.49. The van der Waals surface area contributed by atoms with Crippen molar-refractivity contribution in [2.45, 2.75) is 6.92 Å². The SMILES string of the molecule is Cc1ccccc1-c1n[nH]c(C(=O)O)c1Br. The van der Waals surface area contributed by atoms with Crippen molar-refractivity contribution in [3.05, 3.63) is 40.0 Å². The molecule has 1 aromatic carbocycles. The number of hydrogen-bond donors (Lipinski definition) is 2. The van der Waals surface area contributed by atoms with Crippen molar-refractivity contribution < 1.29 is 9.90 Å². The first-order valence-corrected chi connectivity index (χ1v) is 5.43. The molecule has 2 aromatic rings. The predicted octanol–water partition coefficient (Wildman–Crippen LogP) is 2.85. The highest BCUT2D eigenvalue weighted by Crippen LogP contribution is 2.30. The highest BCUT2D eigenvalue weighted by atomic mass is 79.9. The third-order valence-corrected chi connectivity index (χ3v) is 3.09. The zero-order valence-corrected chi connectivity index (χ0v) is 10.1. The van der Waals surface area contributed by atoms with Gasteiger partial charge in [0.05, 0.1) is 4.47 Å². The van der Waals surface area contributed by atoms with Gasteiger partial charge in [-0.2, -0.15) is 5.10 Å². The molecule has 0 aliphatic rings. The molecule has 0 unspecified atom stereocenters. The molecule has 82 valence electrons. The van der Waals surface area contributed by atoms with E-state index in [1.54, 1.807) is 0 Å². The number of carbonyl (C=O) groups is 1. The van der Waals surface area contributed by atoms with E-state index in [0.29, 0.717) is 10.2 Å². The number of aromatic carboxylic acids is 1. The Kier molecular flexibility index (Phi) is 2.78. The molecular formula is C11H9BrN2O2. The summed E-state index contributed by atoms with van der Waals surface area (Å²) >= 11 is 3.25. The van der Waals surface area contributed by atoms with Crippen LogP contribution in [0.4, 0.5) is 0 Å². The van der Waals surface area contributed by atoms with Crippen molar-refractivity contribution in [3.8, 4) is 11.3 Å². The highest BCUT2D eigenvalue weighted by molar-refractivity contribution is 9.10. The number of H-pyrrole nitrogens is 1. The minimum atomic E-state index is -1.03. The summed E-state index contributed by atoms with van der Waals surface area (Å²) in [6.45, 7) is 1.96. The van der Waals surface area contributed by atoms with Crippen molar-refractivity contribution in [3.63, 3.8) is 0 Å². The molecule has 0 aliphatic carbocycles. The second-order valence-electron chi connectivity index (χ2n) is 3.38. The van der Waals surface area contributed by atoms with Crippen molar-refractivity contribution in [1.82, 2.24) is 10.2 Å². The Hall–Kier alpha value is -1.62. The minimum absolute atomic E-state index is 0.0678. The minimum Gasteiger partial charge on any atom is -0.476 e. The van der Waals surface area contributed by atoms with E-state index in [2.05, 4.69) is 26.1 Å². The average Bonchev–Trinajstić information content (AvgIpc) is 2.61. The number of carboxylic acids is 1. The first-order chi connectivity index (χ1) is 7.61. The summed E-state index contributed by atoms with van der Waals surface area (Å²) in [5.41, 5.74) is 2.65. The first kappa shape index (κ1) is 10.9. The molecule has 0 spiro atoms. The van der Waals surface area contributed by atoms with Crippen LogP contribution in [0, 0.1) is 6.92 Å². The lowest BCUT2D eigenvalue weighted by molar-refractivity contribution is 0.0689. The maximum Gasteiger partial charge on any atom is 0.355 e. The smallest absolute Gasteiger partial charge is 0.355 e. The highest BCUT2D eigenvalue weighted by Gasteiger charge is 2.18. The summed E-state index contributed by atoms with van der Waals surface area (Å²) in [5, 5.41) is 15.4. The van der Waals surface area contributed by atoms with Gasteiger partial charge in [-0.1, -0.05) is 24.3 Å². The third-order valence-electron chi connectivity index (χ3n) is 2.32. The lowest BCUT2D eigenvalue weighted by atomic mass is 10.1. The molecule has 16 heavy (non-hydrogen) atoms. The summed E-state index contributed by atoms with van der Waals surface area (Å²) in [4.78, 5) is 10.9. The molecular weight excluding hydrogens is 272 g/mol. The standard InChI is InChI=1S/C11H9BrN2O2/c1-6-4-2-3-5-7(6)9-8(12)10(11(15)16)14-13-9/h2-5H,1H3,(H,13,14)(H,15,16). The summed E-state index contributed by atoms with van der Waals surface area (Å²) in [5.74, 6) is -1.03. The van der Waals surface area contributed by atoms with E-state index in [1.807, 2.05) is 31.2 Å². The molecule has 2 N–H and O–H groups in total. The number of aromatic nitrogens is 2. The van der Waals surface area contributed by atoms with Gasteiger partial charge < -0.3 is 5.11 Å². The molecule has 2 rings (SSSR count). The predicted molar refractivity (Wildman–Crippen MR) is 63.4 cm³/mol. The number of nitrogens with zero attached hydrogens (tertiary/aromatic N) is 1. The lowest BCUT2D eigenvalue weighted by Gasteiger charge is -2.01. The van der Waals surface area contributed by atoms with E-state index >= 15 is 0 Å². The van der Waals surface area contributed by atoms with E-state index in [1.165, 1.54) is 0 Å². The molecule has 1 heterocycles. The molecule has 0 radical (unpaired) electrons. The van der Waals surface area contributed by atoms with E-state index < -0.39 is 5.97 Å². The van der Waals surface area contributed by atoms with Crippen LogP contribution < -0.4 is 0 Å². The van der Waals surface area contributed by atoms with Gasteiger partial charge in [0.25, 0.3) is 0 Å². The van der Waals surface area contributed by atoms with Gasteiger partial charge in [-0.05, 0) is 28.4 Å². The normalized spacial score (nSPS) is 10.4. The van der Waals surface area contributed by atoms with Gasteiger partial charge in [0.2, 0.25) is 0 Å². The van der Waals surface area contributed by atoms with Gasteiger partial charge >= 0.3 is 5.97 Å². The van der Waals surface area contributed by atoms with Gasteiger partial charge in [-0.25, -0.2) is 4.79 Å². The Bertz CT molecular complexity index is 549. The molecule has 0 fully saturated rings. The maximum absolute atomic E-state index is 10.9. The van der Waals surface area contributed by atoms with E-state index in [9.17, 15) is 4.79 Å². The van der Waals surface area contributed by atoms with Crippen molar-refractivity contribution in [2.75, 3.05) is 0 Å². The molecule has 0 saturated heterocycles. The topological polar surface area (TPSA) is 66.0 Å².